The Morgan fingerprint density at radius 3 is 1.55 bits per heavy atom. The zero-order valence-electron chi connectivity index (χ0n) is 31.6. The van der Waals surface area contributed by atoms with Crippen molar-refractivity contribution in [1.29, 1.82) is 0 Å². The lowest BCUT2D eigenvalue weighted by Crippen LogP contribution is -2.14. The van der Waals surface area contributed by atoms with Gasteiger partial charge in [0.25, 0.3) is 11.8 Å². The Morgan fingerprint density at radius 1 is 0.643 bits per heavy atom. The van der Waals surface area contributed by atoms with Gasteiger partial charge in [-0.1, -0.05) is 23.4 Å². The maximum atomic E-state index is 14.9. The first-order valence-corrected chi connectivity index (χ1v) is 19.5. The van der Waals surface area contributed by atoms with Crippen LogP contribution in [0.5, 0.6) is 0 Å². The predicted octanol–water partition coefficient (Wildman–Crippen LogP) is 9.95. The van der Waals surface area contributed by atoms with E-state index in [2.05, 4.69) is 33.0 Å². The van der Waals surface area contributed by atoms with E-state index >= 15 is 0 Å². The van der Waals surface area contributed by atoms with Crippen LogP contribution in [0, 0.1) is 32.4 Å². The molecule has 12 heteroatoms. The van der Waals surface area contributed by atoms with Gasteiger partial charge in [0.1, 0.15) is 22.7 Å². The number of hydrogen-bond donors (Lipinski definition) is 2. The molecule has 6 aromatic rings. The molecule has 3 aromatic carbocycles. The summed E-state index contributed by atoms with van der Waals surface area (Å²) in [6.07, 6.45) is 9.21. The number of amides is 2. The Morgan fingerprint density at radius 2 is 1.12 bits per heavy atom. The molecular formula is C44H43F2N7O3. The van der Waals surface area contributed by atoms with Crippen molar-refractivity contribution in [3.63, 3.8) is 0 Å². The second kappa shape index (κ2) is 14.3. The summed E-state index contributed by atoms with van der Waals surface area (Å²) in [7, 11) is 0. The number of aryl methyl sites for hydroxylation is 3. The van der Waals surface area contributed by atoms with E-state index in [0.29, 0.717) is 69.0 Å². The van der Waals surface area contributed by atoms with Gasteiger partial charge in [0.05, 0.1) is 17.1 Å². The van der Waals surface area contributed by atoms with Crippen molar-refractivity contribution in [1.82, 2.24) is 24.7 Å². The normalized spacial score (nSPS) is 16.3. The highest BCUT2D eigenvalue weighted by atomic mass is 19.1. The molecule has 0 saturated heterocycles. The molecule has 3 aromatic heterocycles. The van der Waals surface area contributed by atoms with Crippen molar-refractivity contribution in [2.24, 2.45) is 0 Å². The van der Waals surface area contributed by atoms with Crippen LogP contribution in [0.15, 0.2) is 77.3 Å². The Balaban J connectivity index is 0.000000146. The Labute approximate surface area is 323 Å². The second-order valence-electron chi connectivity index (χ2n) is 15.7. The van der Waals surface area contributed by atoms with Crippen LogP contribution in [-0.4, -0.2) is 36.5 Å². The number of aromatic nitrogens is 5. The molecular weight excluding hydrogens is 713 g/mol. The van der Waals surface area contributed by atoms with Gasteiger partial charge in [0.15, 0.2) is 11.6 Å². The lowest BCUT2D eigenvalue weighted by molar-refractivity contribution is 0.101. The van der Waals surface area contributed by atoms with Crippen LogP contribution in [0.2, 0.25) is 0 Å². The highest BCUT2D eigenvalue weighted by molar-refractivity contribution is 6.06. The van der Waals surface area contributed by atoms with E-state index in [1.807, 2.05) is 25.1 Å². The molecule has 4 aliphatic carbocycles. The molecule has 0 unspecified atom stereocenters. The van der Waals surface area contributed by atoms with Gasteiger partial charge >= 0.3 is 0 Å². The van der Waals surface area contributed by atoms with Crippen molar-refractivity contribution in [3.05, 3.63) is 135 Å². The van der Waals surface area contributed by atoms with Crippen molar-refractivity contribution in [2.45, 2.75) is 95.8 Å². The van der Waals surface area contributed by atoms with Gasteiger partial charge in [0.2, 0.25) is 0 Å². The maximum Gasteiger partial charge on any atom is 0.261 e. The fourth-order valence-corrected chi connectivity index (χ4v) is 7.25. The fraction of sp³-hybridized carbons (Fsp3) is 0.341. The van der Waals surface area contributed by atoms with Gasteiger partial charge in [-0.2, -0.15) is 10.2 Å². The van der Waals surface area contributed by atoms with E-state index in [-0.39, 0.29) is 17.6 Å². The summed E-state index contributed by atoms with van der Waals surface area (Å²) < 4.78 is 38.4. The molecule has 0 atom stereocenters. The van der Waals surface area contributed by atoms with Gasteiger partial charge in [-0.25, -0.2) is 18.1 Å². The molecule has 286 valence electrons. The largest absolute Gasteiger partial charge is 0.361 e. The van der Waals surface area contributed by atoms with Crippen molar-refractivity contribution < 1.29 is 22.9 Å². The predicted molar refractivity (Wildman–Crippen MR) is 208 cm³/mol. The number of halogens is 2. The van der Waals surface area contributed by atoms with Crippen LogP contribution in [0.3, 0.4) is 0 Å². The van der Waals surface area contributed by atoms with E-state index < -0.39 is 5.82 Å². The quantitative estimate of drug-likeness (QED) is 0.144. The van der Waals surface area contributed by atoms with E-state index in [0.717, 1.165) is 66.9 Å². The first-order chi connectivity index (χ1) is 27.1. The Hall–Kier alpha value is -5.91. The van der Waals surface area contributed by atoms with Gasteiger partial charge < -0.3 is 15.2 Å². The Bertz CT molecular complexity index is 2460. The zero-order chi connectivity index (χ0) is 38.7. The SMILES string of the molecule is Cc1ccccc1C(=O)Nc1ccc(-n2nc(C3CC3)cc2C2CC2)c(F)c1.Cc1noc(C)c1C(=O)Nc1ccc(-n2nc(C3CC3)cc2C2CC2)c(F)c1. The molecule has 3 heterocycles. The maximum absolute atomic E-state index is 14.9. The fourth-order valence-electron chi connectivity index (χ4n) is 7.25. The van der Waals surface area contributed by atoms with Crippen molar-refractivity contribution in [3.8, 4) is 11.4 Å². The number of nitrogens with zero attached hydrogens (tertiary/aromatic N) is 5. The smallest absolute Gasteiger partial charge is 0.261 e. The molecule has 2 N–H and O–H groups in total. The summed E-state index contributed by atoms with van der Waals surface area (Å²) in [6, 6.07) is 21.2. The molecule has 0 bridgehead atoms. The first-order valence-electron chi connectivity index (χ1n) is 19.5. The Kier molecular flexibility index (Phi) is 9.14. The molecule has 4 aliphatic rings. The van der Waals surface area contributed by atoms with E-state index in [1.54, 1.807) is 53.5 Å². The number of anilines is 2. The molecule has 0 radical (unpaired) electrons. The zero-order valence-corrected chi connectivity index (χ0v) is 31.6. The van der Waals surface area contributed by atoms with Crippen LogP contribution in [-0.2, 0) is 0 Å². The molecule has 2 amide bonds. The summed E-state index contributed by atoms with van der Waals surface area (Å²) in [6.45, 7) is 5.25. The second-order valence-corrected chi connectivity index (χ2v) is 15.7. The van der Waals surface area contributed by atoms with E-state index in [1.165, 1.54) is 25.0 Å². The third-order valence-corrected chi connectivity index (χ3v) is 11.0. The topological polar surface area (TPSA) is 120 Å². The lowest BCUT2D eigenvalue weighted by atomic mass is 10.1. The molecule has 4 fully saturated rings. The number of hydrogen-bond acceptors (Lipinski definition) is 6. The summed E-state index contributed by atoms with van der Waals surface area (Å²) in [5, 5.41) is 18.7. The third-order valence-electron chi connectivity index (χ3n) is 11.0. The molecule has 10 rings (SSSR count). The minimum absolute atomic E-state index is 0.237. The summed E-state index contributed by atoms with van der Waals surface area (Å²) in [4.78, 5) is 25.0. The lowest BCUT2D eigenvalue weighted by Gasteiger charge is -2.11. The molecule has 56 heavy (non-hydrogen) atoms. The summed E-state index contributed by atoms with van der Waals surface area (Å²) in [5.74, 6) is 1.06. The number of carbonyl (C=O) groups is 2. The van der Waals surface area contributed by atoms with E-state index in [4.69, 9.17) is 9.62 Å². The van der Waals surface area contributed by atoms with Gasteiger partial charge in [-0.3, -0.25) is 9.59 Å². The van der Waals surface area contributed by atoms with Crippen LogP contribution in [0.4, 0.5) is 20.2 Å². The van der Waals surface area contributed by atoms with Crippen LogP contribution in [0.1, 0.15) is 136 Å². The number of nitrogens with one attached hydrogen (secondary N) is 2. The average Bonchev–Trinajstić information content (AvgIpc) is 3.98. The third kappa shape index (κ3) is 7.39. The number of benzene rings is 3. The molecule has 0 aliphatic heterocycles. The number of rotatable bonds is 10. The average molecular weight is 756 g/mol. The standard InChI is InChI=1S/C23H22FN3O.C21H21FN4O2/c1-14-4-2-3-5-18(14)23(28)25-17-10-11-21(19(24)12-17)27-22(16-8-9-16)13-20(26-27)15-6-7-15;1-11-20(12(2)28-25-11)21(27)23-15-7-8-18(16(22)9-15)26-19(14-5-6-14)10-17(24-26)13-3-4-13/h2-5,10-13,15-16H,6-9H2,1H3,(H,25,28);7-10,13-14H,3-6H2,1-2H3,(H,23,27). The van der Waals surface area contributed by atoms with Crippen LogP contribution >= 0.6 is 0 Å². The first kappa shape index (κ1) is 35.8. The van der Waals surface area contributed by atoms with Crippen LogP contribution in [0.25, 0.3) is 11.4 Å². The highest BCUT2D eigenvalue weighted by Crippen LogP contribution is 2.47. The monoisotopic (exact) mass is 755 g/mol. The highest BCUT2D eigenvalue weighted by Gasteiger charge is 2.35. The van der Waals surface area contributed by atoms with Gasteiger partial charge in [-0.15, -0.1) is 0 Å². The van der Waals surface area contributed by atoms with Gasteiger partial charge in [-0.05, 0) is 132 Å². The van der Waals surface area contributed by atoms with E-state index in [9.17, 15) is 18.4 Å². The molecule has 10 nitrogen and oxygen atoms in total. The van der Waals surface area contributed by atoms with Crippen LogP contribution < -0.4 is 10.6 Å². The minimum atomic E-state index is -0.413. The minimum Gasteiger partial charge on any atom is -0.361 e. The number of carbonyl (C=O) groups excluding carboxylic acids is 2. The van der Waals surface area contributed by atoms with Crippen molar-refractivity contribution in [2.75, 3.05) is 10.6 Å². The summed E-state index contributed by atoms with van der Waals surface area (Å²) >= 11 is 0. The summed E-state index contributed by atoms with van der Waals surface area (Å²) in [5.41, 5.74) is 8.39. The van der Waals surface area contributed by atoms with Gasteiger partial charge in [0, 0.05) is 52.0 Å². The van der Waals surface area contributed by atoms with Crippen molar-refractivity contribution >= 4 is 23.2 Å². The molecule has 4 saturated carbocycles. The molecule has 0 spiro atoms.